The third-order valence-corrected chi connectivity index (χ3v) is 2.31. The molecule has 5 nitrogen and oxygen atoms in total. The number of ether oxygens (including phenoxy) is 2. The van der Waals surface area contributed by atoms with Gasteiger partial charge in [-0.15, -0.1) is 0 Å². The van der Waals surface area contributed by atoms with Crippen molar-refractivity contribution in [2.24, 2.45) is 0 Å². The molecular formula is C13H18F2N2O3. The van der Waals surface area contributed by atoms with Gasteiger partial charge in [-0.3, -0.25) is 4.79 Å². The number of carbonyl (C=O) groups excluding carboxylic acids is 1. The summed E-state index contributed by atoms with van der Waals surface area (Å²) in [6.45, 7) is -0.0397. The normalized spacial score (nSPS) is 10.6. The molecule has 0 spiro atoms. The van der Waals surface area contributed by atoms with Gasteiger partial charge < -0.3 is 20.1 Å². The van der Waals surface area contributed by atoms with Crippen LogP contribution in [-0.2, 0) is 9.53 Å². The fourth-order valence-electron chi connectivity index (χ4n) is 1.42. The molecule has 0 heterocycles. The minimum absolute atomic E-state index is 0.0786. The van der Waals surface area contributed by atoms with E-state index >= 15 is 0 Å². The smallest absolute Gasteiger partial charge is 0.261 e. The SMILES string of the molecule is COc1cccc(NC(=O)CNCCOCC(F)F)c1. The first-order valence-electron chi connectivity index (χ1n) is 6.12. The molecule has 0 atom stereocenters. The standard InChI is InChI=1S/C13H18F2N2O3/c1-19-11-4-2-3-10(7-11)17-13(18)8-16-5-6-20-9-12(14)15/h2-4,7,12,16H,5-6,8-9H2,1H3,(H,17,18). The molecule has 1 aromatic rings. The van der Waals surface area contributed by atoms with E-state index in [9.17, 15) is 13.6 Å². The quantitative estimate of drug-likeness (QED) is 0.676. The first-order chi connectivity index (χ1) is 9.61. The molecule has 1 aromatic carbocycles. The minimum Gasteiger partial charge on any atom is -0.497 e. The van der Waals surface area contributed by atoms with Crippen molar-refractivity contribution in [3.8, 4) is 5.75 Å². The van der Waals surface area contributed by atoms with E-state index in [-0.39, 0.29) is 19.1 Å². The van der Waals surface area contributed by atoms with Gasteiger partial charge in [0.2, 0.25) is 5.91 Å². The lowest BCUT2D eigenvalue weighted by Crippen LogP contribution is -2.30. The summed E-state index contributed by atoms with van der Waals surface area (Å²) in [4.78, 5) is 11.6. The largest absolute Gasteiger partial charge is 0.497 e. The van der Waals surface area contributed by atoms with Gasteiger partial charge in [-0.05, 0) is 12.1 Å². The highest BCUT2D eigenvalue weighted by Crippen LogP contribution is 2.16. The van der Waals surface area contributed by atoms with E-state index in [1.807, 2.05) is 0 Å². The Labute approximate surface area is 116 Å². The molecule has 0 unspecified atom stereocenters. The number of hydrogen-bond acceptors (Lipinski definition) is 4. The highest BCUT2D eigenvalue weighted by Gasteiger charge is 2.04. The van der Waals surface area contributed by atoms with Gasteiger partial charge in [0.15, 0.2) is 0 Å². The van der Waals surface area contributed by atoms with E-state index in [2.05, 4.69) is 15.4 Å². The fraction of sp³-hybridized carbons (Fsp3) is 0.462. The Morgan fingerprint density at radius 3 is 2.90 bits per heavy atom. The second-order valence-electron chi connectivity index (χ2n) is 3.92. The molecule has 0 aliphatic carbocycles. The van der Waals surface area contributed by atoms with E-state index in [0.29, 0.717) is 18.0 Å². The Bertz CT molecular complexity index is 416. The second-order valence-corrected chi connectivity index (χ2v) is 3.92. The number of nitrogens with one attached hydrogen (secondary N) is 2. The van der Waals surface area contributed by atoms with Crippen molar-refractivity contribution in [3.05, 3.63) is 24.3 Å². The second kappa shape index (κ2) is 9.22. The van der Waals surface area contributed by atoms with Crippen LogP contribution in [0.15, 0.2) is 24.3 Å². The predicted molar refractivity (Wildman–Crippen MR) is 71.3 cm³/mol. The first kappa shape index (κ1) is 16.3. The number of anilines is 1. The van der Waals surface area contributed by atoms with E-state index in [0.717, 1.165) is 0 Å². The lowest BCUT2D eigenvalue weighted by atomic mass is 10.3. The van der Waals surface area contributed by atoms with Gasteiger partial charge >= 0.3 is 0 Å². The highest BCUT2D eigenvalue weighted by atomic mass is 19.3. The molecule has 0 aliphatic heterocycles. The van der Waals surface area contributed by atoms with Crippen molar-refractivity contribution in [2.45, 2.75) is 6.43 Å². The molecule has 0 bridgehead atoms. The Balaban J connectivity index is 2.16. The zero-order valence-corrected chi connectivity index (χ0v) is 11.2. The summed E-state index contributed by atoms with van der Waals surface area (Å²) < 4.78 is 33.2. The molecule has 0 fully saturated rings. The molecule has 0 saturated heterocycles. The van der Waals surface area contributed by atoms with Crippen molar-refractivity contribution in [3.63, 3.8) is 0 Å². The third-order valence-electron chi connectivity index (χ3n) is 2.31. The number of methoxy groups -OCH3 is 1. The molecule has 112 valence electrons. The van der Waals surface area contributed by atoms with E-state index in [1.165, 1.54) is 0 Å². The van der Waals surface area contributed by atoms with Gasteiger partial charge in [-0.25, -0.2) is 8.78 Å². The van der Waals surface area contributed by atoms with Crippen molar-refractivity contribution in [1.29, 1.82) is 0 Å². The van der Waals surface area contributed by atoms with Crippen LogP contribution >= 0.6 is 0 Å². The predicted octanol–water partition coefficient (Wildman–Crippen LogP) is 1.50. The van der Waals surface area contributed by atoms with E-state index < -0.39 is 13.0 Å². The summed E-state index contributed by atoms with van der Waals surface area (Å²) in [7, 11) is 1.54. The summed E-state index contributed by atoms with van der Waals surface area (Å²) in [5.74, 6) is 0.420. The summed E-state index contributed by atoms with van der Waals surface area (Å²) in [5, 5.41) is 5.48. The third kappa shape index (κ3) is 7.01. The minimum atomic E-state index is -2.47. The fourth-order valence-corrected chi connectivity index (χ4v) is 1.42. The molecule has 0 aliphatic rings. The Hall–Kier alpha value is -1.73. The average Bonchev–Trinajstić information content (AvgIpc) is 2.42. The van der Waals surface area contributed by atoms with Gasteiger partial charge in [0.1, 0.15) is 12.4 Å². The van der Waals surface area contributed by atoms with Crippen molar-refractivity contribution in [1.82, 2.24) is 5.32 Å². The lowest BCUT2D eigenvalue weighted by Gasteiger charge is -2.08. The number of carbonyl (C=O) groups is 1. The van der Waals surface area contributed by atoms with Crippen LogP contribution in [0, 0.1) is 0 Å². The van der Waals surface area contributed by atoms with Crippen LogP contribution in [0.25, 0.3) is 0 Å². The summed E-state index contributed by atoms with van der Waals surface area (Å²) in [6, 6.07) is 6.98. The first-order valence-corrected chi connectivity index (χ1v) is 6.12. The Morgan fingerprint density at radius 2 is 2.20 bits per heavy atom. The topological polar surface area (TPSA) is 59.6 Å². The molecule has 20 heavy (non-hydrogen) atoms. The zero-order valence-electron chi connectivity index (χ0n) is 11.2. The van der Waals surface area contributed by atoms with Crippen molar-refractivity contribution >= 4 is 11.6 Å². The zero-order chi connectivity index (χ0) is 14.8. The number of amides is 1. The maximum absolute atomic E-state index is 11.8. The van der Waals surface area contributed by atoms with Crippen LogP contribution in [0.2, 0.25) is 0 Å². The number of halogens is 2. The lowest BCUT2D eigenvalue weighted by molar-refractivity contribution is -0.115. The summed E-state index contributed by atoms with van der Waals surface area (Å²) in [5.41, 5.74) is 0.630. The van der Waals surface area contributed by atoms with Gasteiger partial charge in [0.05, 0.1) is 20.3 Å². The Morgan fingerprint density at radius 1 is 1.40 bits per heavy atom. The molecule has 0 aromatic heterocycles. The van der Waals surface area contributed by atoms with Gasteiger partial charge in [0.25, 0.3) is 6.43 Å². The summed E-state index contributed by atoms with van der Waals surface area (Å²) in [6.07, 6.45) is -2.47. The number of benzene rings is 1. The van der Waals surface area contributed by atoms with Crippen LogP contribution in [0.3, 0.4) is 0 Å². The summed E-state index contributed by atoms with van der Waals surface area (Å²) >= 11 is 0. The van der Waals surface area contributed by atoms with Gasteiger partial charge in [0, 0.05) is 18.3 Å². The molecule has 7 heteroatoms. The van der Waals surface area contributed by atoms with Crippen molar-refractivity contribution in [2.75, 3.05) is 38.7 Å². The van der Waals surface area contributed by atoms with Crippen LogP contribution < -0.4 is 15.4 Å². The molecule has 0 radical (unpaired) electrons. The van der Waals surface area contributed by atoms with Crippen molar-refractivity contribution < 1.29 is 23.0 Å². The van der Waals surface area contributed by atoms with Crippen LogP contribution in [0.5, 0.6) is 5.75 Å². The monoisotopic (exact) mass is 288 g/mol. The highest BCUT2D eigenvalue weighted by molar-refractivity contribution is 5.92. The van der Waals surface area contributed by atoms with E-state index in [1.54, 1.807) is 31.4 Å². The van der Waals surface area contributed by atoms with Crippen LogP contribution in [0.4, 0.5) is 14.5 Å². The van der Waals surface area contributed by atoms with Gasteiger partial charge in [-0.1, -0.05) is 6.07 Å². The maximum Gasteiger partial charge on any atom is 0.261 e. The van der Waals surface area contributed by atoms with Gasteiger partial charge in [-0.2, -0.15) is 0 Å². The average molecular weight is 288 g/mol. The molecule has 1 amide bonds. The number of alkyl halides is 2. The van der Waals surface area contributed by atoms with Crippen LogP contribution in [-0.4, -0.2) is 45.7 Å². The molecular weight excluding hydrogens is 270 g/mol. The molecule has 1 rings (SSSR count). The number of rotatable bonds is 9. The maximum atomic E-state index is 11.8. The molecule has 2 N–H and O–H groups in total. The Kier molecular flexibility index (Phi) is 7.52. The molecule has 0 saturated carbocycles. The number of hydrogen-bond donors (Lipinski definition) is 2. The van der Waals surface area contributed by atoms with Crippen LogP contribution in [0.1, 0.15) is 0 Å². The van der Waals surface area contributed by atoms with E-state index in [4.69, 9.17) is 4.74 Å².